The normalized spacial score (nSPS) is 15.4. The first-order chi connectivity index (χ1) is 3.55. The van der Waals surface area contributed by atoms with Crippen molar-refractivity contribution in [2.75, 3.05) is 0 Å². The van der Waals surface area contributed by atoms with E-state index in [4.69, 9.17) is 15.9 Å². The molecule has 0 aliphatic carbocycles. The van der Waals surface area contributed by atoms with Gasteiger partial charge in [-0.25, -0.2) is 0 Å². The van der Waals surface area contributed by atoms with Gasteiger partial charge in [0.15, 0.2) is 0 Å². The number of hydrogen-bond donors (Lipinski definition) is 3. The monoisotopic (exact) mass is 178 g/mol. The zero-order valence-corrected chi connectivity index (χ0v) is 5.91. The average molecular weight is 178 g/mol. The molecule has 57 valence electrons. The summed E-state index contributed by atoms with van der Waals surface area (Å²) in [6.07, 6.45) is -0.979. The van der Waals surface area contributed by atoms with Crippen molar-refractivity contribution < 1.29 is 31.8 Å². The van der Waals surface area contributed by atoms with Gasteiger partial charge in [0.25, 0.3) is 0 Å². The third-order valence-electron chi connectivity index (χ3n) is 0.805. The van der Waals surface area contributed by atoms with E-state index in [1.807, 2.05) is 0 Å². The zero-order chi connectivity index (χ0) is 6.73. The fourth-order valence-corrected chi connectivity index (χ4v) is 0.206. The van der Waals surface area contributed by atoms with E-state index in [2.05, 4.69) is 0 Å². The molecule has 0 bridgehead atoms. The van der Waals surface area contributed by atoms with Gasteiger partial charge in [-0.05, 0) is 6.92 Å². The molecule has 0 aliphatic heterocycles. The zero-order valence-electron chi connectivity index (χ0n) is 4.87. The van der Waals surface area contributed by atoms with E-state index in [1.54, 1.807) is 0 Å². The standard InChI is InChI=1S/C4H9NO3.Co/c1-2(6)3(5)4(7)8;/h2-3,6H,5H2,1H3,(H,7,8);. The van der Waals surface area contributed by atoms with Gasteiger partial charge in [0.2, 0.25) is 0 Å². The summed E-state index contributed by atoms with van der Waals surface area (Å²) in [4.78, 5) is 9.86. The molecule has 0 spiro atoms. The third-order valence-corrected chi connectivity index (χ3v) is 0.805. The molecule has 0 heterocycles. The van der Waals surface area contributed by atoms with Crippen LogP contribution in [-0.4, -0.2) is 28.3 Å². The summed E-state index contributed by atoms with van der Waals surface area (Å²) in [5.41, 5.74) is 4.91. The van der Waals surface area contributed by atoms with Crippen LogP contribution in [0.5, 0.6) is 0 Å². The molecule has 2 unspecified atom stereocenters. The molecule has 4 N–H and O–H groups in total. The molecule has 0 aromatic rings. The van der Waals surface area contributed by atoms with Crippen LogP contribution >= 0.6 is 0 Å². The van der Waals surface area contributed by atoms with Crippen LogP contribution in [0.2, 0.25) is 0 Å². The molecule has 4 nitrogen and oxygen atoms in total. The smallest absolute Gasteiger partial charge is 0.323 e. The summed E-state index contributed by atoms with van der Waals surface area (Å²) in [6.45, 7) is 1.33. The molecule has 0 rings (SSSR count). The number of aliphatic carboxylic acids is 1. The quantitative estimate of drug-likeness (QED) is 0.494. The first-order valence-electron chi connectivity index (χ1n) is 2.22. The molecule has 0 aromatic carbocycles. The van der Waals surface area contributed by atoms with Crippen molar-refractivity contribution in [2.45, 2.75) is 19.1 Å². The second-order valence-corrected chi connectivity index (χ2v) is 1.60. The van der Waals surface area contributed by atoms with Crippen LogP contribution in [0, 0.1) is 0 Å². The molecule has 0 amide bonds. The Hall–Kier alpha value is -0.104. The Morgan fingerprint density at radius 2 is 2.00 bits per heavy atom. The first kappa shape index (κ1) is 11.7. The molecule has 2 atom stereocenters. The molecule has 0 aromatic heterocycles. The van der Waals surface area contributed by atoms with Gasteiger partial charge >= 0.3 is 5.97 Å². The van der Waals surface area contributed by atoms with Crippen LogP contribution < -0.4 is 5.73 Å². The van der Waals surface area contributed by atoms with E-state index >= 15 is 0 Å². The van der Waals surface area contributed by atoms with E-state index < -0.39 is 18.1 Å². The van der Waals surface area contributed by atoms with Crippen molar-refractivity contribution >= 4 is 5.97 Å². The predicted molar refractivity (Wildman–Crippen MR) is 27.3 cm³/mol. The van der Waals surface area contributed by atoms with Gasteiger partial charge in [-0.3, -0.25) is 4.79 Å². The first-order valence-corrected chi connectivity index (χ1v) is 2.22. The average Bonchev–Trinajstić information content (AvgIpc) is 1.64. The summed E-state index contributed by atoms with van der Waals surface area (Å²) >= 11 is 0. The molecule has 0 saturated heterocycles. The van der Waals surface area contributed by atoms with Crippen LogP contribution in [0.1, 0.15) is 6.92 Å². The van der Waals surface area contributed by atoms with Crippen LogP contribution in [0.15, 0.2) is 0 Å². The van der Waals surface area contributed by atoms with Gasteiger partial charge in [0.05, 0.1) is 6.10 Å². The number of carbonyl (C=O) groups is 1. The Bertz CT molecular complexity index is 95.8. The number of carboxylic acid groups (broad SMARTS) is 1. The number of carboxylic acids is 1. The minimum atomic E-state index is -1.18. The molecule has 5 heteroatoms. The molecule has 0 fully saturated rings. The maximum atomic E-state index is 9.86. The van der Waals surface area contributed by atoms with Crippen molar-refractivity contribution in [1.82, 2.24) is 0 Å². The third kappa shape index (κ3) is 4.40. The molecular weight excluding hydrogens is 169 g/mol. The SMILES string of the molecule is CC(O)C(N)C(=O)O.[Co]. The Morgan fingerprint density at radius 3 is 2.00 bits per heavy atom. The van der Waals surface area contributed by atoms with Crippen molar-refractivity contribution in [3.8, 4) is 0 Å². The Kier molecular flexibility index (Phi) is 6.15. The predicted octanol–water partition coefficient (Wildman–Crippen LogP) is -1.22. The van der Waals surface area contributed by atoms with E-state index in [0.717, 1.165) is 0 Å². The Morgan fingerprint density at radius 1 is 1.67 bits per heavy atom. The summed E-state index contributed by atoms with van der Waals surface area (Å²) in [5.74, 6) is -1.18. The summed E-state index contributed by atoms with van der Waals surface area (Å²) in [5, 5.41) is 16.6. The number of aliphatic hydroxyl groups is 1. The second kappa shape index (κ2) is 4.75. The molecule has 1 radical (unpaired) electrons. The summed E-state index contributed by atoms with van der Waals surface area (Å²) in [6, 6.07) is -1.16. The molecule has 9 heavy (non-hydrogen) atoms. The van der Waals surface area contributed by atoms with Crippen LogP contribution in [0.3, 0.4) is 0 Å². The molecular formula is C4H9CoNO3. The number of hydrogen-bond acceptors (Lipinski definition) is 3. The maximum Gasteiger partial charge on any atom is 0.323 e. The van der Waals surface area contributed by atoms with Crippen molar-refractivity contribution in [3.05, 3.63) is 0 Å². The Labute approximate surface area is 63.2 Å². The number of aliphatic hydroxyl groups excluding tert-OH is 1. The van der Waals surface area contributed by atoms with E-state index in [-0.39, 0.29) is 16.8 Å². The van der Waals surface area contributed by atoms with Crippen LogP contribution in [0.4, 0.5) is 0 Å². The minimum absolute atomic E-state index is 0. The topological polar surface area (TPSA) is 83.5 Å². The van der Waals surface area contributed by atoms with Gasteiger partial charge in [0, 0.05) is 16.8 Å². The van der Waals surface area contributed by atoms with E-state index in [9.17, 15) is 4.79 Å². The Balaban J connectivity index is 0. The van der Waals surface area contributed by atoms with Crippen molar-refractivity contribution in [3.63, 3.8) is 0 Å². The molecule has 0 saturated carbocycles. The van der Waals surface area contributed by atoms with Gasteiger partial charge in [-0.2, -0.15) is 0 Å². The second-order valence-electron chi connectivity index (χ2n) is 1.60. The number of nitrogens with two attached hydrogens (primary N) is 1. The largest absolute Gasteiger partial charge is 0.480 e. The summed E-state index contributed by atoms with van der Waals surface area (Å²) in [7, 11) is 0. The van der Waals surface area contributed by atoms with E-state index in [1.165, 1.54) is 6.92 Å². The van der Waals surface area contributed by atoms with Gasteiger partial charge in [0.1, 0.15) is 6.04 Å². The van der Waals surface area contributed by atoms with Crippen LogP contribution in [0.25, 0.3) is 0 Å². The van der Waals surface area contributed by atoms with Crippen LogP contribution in [-0.2, 0) is 21.6 Å². The van der Waals surface area contributed by atoms with Crippen molar-refractivity contribution in [2.24, 2.45) is 5.73 Å². The van der Waals surface area contributed by atoms with E-state index in [0.29, 0.717) is 0 Å². The van der Waals surface area contributed by atoms with Gasteiger partial charge in [-0.1, -0.05) is 0 Å². The van der Waals surface area contributed by atoms with Gasteiger partial charge in [-0.15, -0.1) is 0 Å². The maximum absolute atomic E-state index is 9.86. The van der Waals surface area contributed by atoms with Gasteiger partial charge < -0.3 is 15.9 Å². The fraction of sp³-hybridized carbons (Fsp3) is 0.750. The fourth-order valence-electron chi connectivity index (χ4n) is 0.206. The molecule has 0 aliphatic rings. The summed E-state index contributed by atoms with van der Waals surface area (Å²) < 4.78 is 0. The van der Waals surface area contributed by atoms with Crippen molar-refractivity contribution in [1.29, 1.82) is 0 Å². The minimum Gasteiger partial charge on any atom is -0.480 e. The number of rotatable bonds is 2.